The molecule has 0 aliphatic rings. The van der Waals surface area contributed by atoms with Gasteiger partial charge >= 0.3 is 0 Å². The van der Waals surface area contributed by atoms with Crippen molar-refractivity contribution >= 4 is 22.7 Å². The number of nitrogens with zero attached hydrogens (tertiary/aromatic N) is 1. The molecule has 1 amide bonds. The third kappa shape index (κ3) is 4.18. The number of carbonyl (C=O) groups is 1. The number of anilines is 1. The molecule has 0 saturated heterocycles. The Labute approximate surface area is 112 Å². The summed E-state index contributed by atoms with van der Waals surface area (Å²) in [6, 6.07) is 5.88. The van der Waals surface area contributed by atoms with Crippen LogP contribution in [0.5, 0.6) is 0 Å². The number of hydrogen-bond donors (Lipinski definition) is 0. The Balaban J connectivity index is 2.65. The summed E-state index contributed by atoms with van der Waals surface area (Å²) in [7, 11) is 1.69. The quantitative estimate of drug-likeness (QED) is 0.734. The lowest BCUT2D eigenvalue weighted by atomic mass is 10.2. The third-order valence-corrected chi connectivity index (χ3v) is 3.78. The van der Waals surface area contributed by atoms with Crippen molar-refractivity contribution in [2.75, 3.05) is 11.9 Å². The zero-order valence-corrected chi connectivity index (χ0v) is 11.5. The molecule has 1 aromatic rings. The van der Waals surface area contributed by atoms with E-state index < -0.39 is 0 Å². The maximum atomic E-state index is 12.8. The molecule has 98 valence electrons. The van der Waals surface area contributed by atoms with E-state index in [9.17, 15) is 9.18 Å². The molecule has 0 aromatic heterocycles. The highest BCUT2D eigenvalue weighted by Crippen LogP contribution is 2.24. The van der Waals surface area contributed by atoms with Gasteiger partial charge in [-0.1, -0.05) is 31.2 Å². The summed E-state index contributed by atoms with van der Waals surface area (Å²) in [5, 5.41) is 0.0744. The summed E-state index contributed by atoms with van der Waals surface area (Å²) in [6.45, 7) is 5.81. The lowest BCUT2D eigenvalue weighted by Crippen LogP contribution is -2.23. The maximum Gasteiger partial charge on any atom is 0.286 e. The van der Waals surface area contributed by atoms with E-state index in [2.05, 4.69) is 13.5 Å². The molecule has 0 fully saturated rings. The van der Waals surface area contributed by atoms with E-state index in [0.717, 1.165) is 12.8 Å². The second-order valence-electron chi connectivity index (χ2n) is 3.98. The van der Waals surface area contributed by atoms with E-state index in [4.69, 9.17) is 0 Å². The number of rotatable bonds is 5. The summed E-state index contributed by atoms with van der Waals surface area (Å²) in [4.78, 5) is 13.5. The Morgan fingerprint density at radius 2 is 2.11 bits per heavy atom. The minimum atomic E-state index is -0.304. The number of halogens is 1. The lowest BCUT2D eigenvalue weighted by Gasteiger charge is -2.19. The van der Waals surface area contributed by atoms with Crippen LogP contribution in [0.3, 0.4) is 0 Å². The molecule has 1 unspecified atom stereocenters. The van der Waals surface area contributed by atoms with Gasteiger partial charge in [-0.2, -0.15) is 0 Å². The Morgan fingerprint density at radius 3 is 2.61 bits per heavy atom. The van der Waals surface area contributed by atoms with Crippen LogP contribution in [-0.2, 0) is 0 Å². The fourth-order valence-corrected chi connectivity index (χ4v) is 2.46. The Morgan fingerprint density at radius 1 is 1.50 bits per heavy atom. The zero-order valence-electron chi connectivity index (χ0n) is 10.7. The summed E-state index contributed by atoms with van der Waals surface area (Å²) in [5.41, 5.74) is 0.688. The molecule has 0 heterocycles. The molecule has 2 nitrogen and oxygen atoms in total. The maximum absolute atomic E-state index is 12.8. The van der Waals surface area contributed by atoms with Crippen LogP contribution in [0.4, 0.5) is 14.9 Å². The van der Waals surface area contributed by atoms with Gasteiger partial charge in [0.15, 0.2) is 0 Å². The van der Waals surface area contributed by atoms with Gasteiger partial charge in [-0.05, 0) is 30.7 Å². The lowest BCUT2D eigenvalue weighted by molar-refractivity contribution is 0.266. The minimum absolute atomic E-state index is 0.0556. The van der Waals surface area contributed by atoms with Gasteiger partial charge in [0.1, 0.15) is 5.82 Å². The van der Waals surface area contributed by atoms with Crippen molar-refractivity contribution in [3.63, 3.8) is 0 Å². The van der Waals surface area contributed by atoms with Crippen molar-refractivity contribution in [3.8, 4) is 0 Å². The SMILES string of the molecule is C=CC(CCC)SC(=O)N(C)c1ccc(F)cc1. The monoisotopic (exact) mass is 267 g/mol. The smallest absolute Gasteiger partial charge is 0.286 e. The normalized spacial score (nSPS) is 11.9. The summed E-state index contributed by atoms with van der Waals surface area (Å²) >= 11 is 1.25. The van der Waals surface area contributed by atoms with E-state index in [-0.39, 0.29) is 16.3 Å². The molecular formula is C14H18FNOS. The molecule has 0 bridgehead atoms. The standard InChI is InChI=1S/C14H18FNOS/c1-4-6-13(5-2)18-14(17)16(3)12-9-7-11(15)8-10-12/h5,7-10,13H,2,4,6H2,1,3H3. The molecule has 0 saturated carbocycles. The van der Waals surface area contributed by atoms with Crippen LogP contribution < -0.4 is 4.90 Å². The zero-order chi connectivity index (χ0) is 13.5. The summed E-state index contributed by atoms with van der Waals surface area (Å²) in [5.74, 6) is -0.304. The van der Waals surface area contributed by atoms with Crippen molar-refractivity contribution in [2.24, 2.45) is 0 Å². The second-order valence-corrected chi connectivity index (χ2v) is 5.17. The van der Waals surface area contributed by atoms with Gasteiger partial charge in [0.25, 0.3) is 5.24 Å². The van der Waals surface area contributed by atoms with Gasteiger partial charge in [-0.15, -0.1) is 6.58 Å². The molecule has 0 N–H and O–H groups in total. The van der Waals surface area contributed by atoms with Crippen molar-refractivity contribution in [3.05, 3.63) is 42.7 Å². The van der Waals surface area contributed by atoms with Crippen LogP contribution in [0.25, 0.3) is 0 Å². The van der Waals surface area contributed by atoms with E-state index in [1.165, 1.54) is 28.8 Å². The van der Waals surface area contributed by atoms with Gasteiger partial charge in [0.2, 0.25) is 0 Å². The molecule has 18 heavy (non-hydrogen) atoms. The average Bonchev–Trinajstić information content (AvgIpc) is 2.38. The van der Waals surface area contributed by atoms with Crippen molar-refractivity contribution in [2.45, 2.75) is 25.0 Å². The second kappa shape index (κ2) is 7.21. The largest absolute Gasteiger partial charge is 0.306 e. The molecular weight excluding hydrogens is 249 g/mol. The summed E-state index contributed by atoms with van der Waals surface area (Å²) < 4.78 is 12.8. The van der Waals surface area contributed by atoms with Crippen LogP contribution in [0.1, 0.15) is 19.8 Å². The number of carbonyl (C=O) groups excluding carboxylic acids is 1. The van der Waals surface area contributed by atoms with E-state index >= 15 is 0 Å². The van der Waals surface area contributed by atoms with Crippen LogP contribution in [0.2, 0.25) is 0 Å². The van der Waals surface area contributed by atoms with Crippen molar-refractivity contribution < 1.29 is 9.18 Å². The molecule has 4 heteroatoms. The first-order valence-corrected chi connectivity index (χ1v) is 6.79. The number of amides is 1. The Hall–Kier alpha value is -1.29. The number of benzene rings is 1. The van der Waals surface area contributed by atoms with E-state index in [0.29, 0.717) is 5.69 Å². The molecule has 1 aromatic carbocycles. The minimum Gasteiger partial charge on any atom is -0.306 e. The molecule has 0 spiro atoms. The summed E-state index contributed by atoms with van der Waals surface area (Å²) in [6.07, 6.45) is 3.74. The molecule has 0 radical (unpaired) electrons. The molecule has 1 atom stereocenters. The molecule has 0 aliphatic carbocycles. The number of hydrogen-bond acceptors (Lipinski definition) is 2. The Bertz CT molecular complexity index is 405. The van der Waals surface area contributed by atoms with Gasteiger partial charge in [0, 0.05) is 18.0 Å². The van der Waals surface area contributed by atoms with Crippen LogP contribution >= 0.6 is 11.8 Å². The van der Waals surface area contributed by atoms with Gasteiger partial charge < -0.3 is 4.90 Å². The van der Waals surface area contributed by atoms with Crippen LogP contribution in [-0.4, -0.2) is 17.5 Å². The van der Waals surface area contributed by atoms with E-state index in [1.54, 1.807) is 25.3 Å². The first-order chi connectivity index (χ1) is 8.58. The predicted octanol–water partition coefficient (Wildman–Crippen LogP) is 4.47. The first kappa shape index (κ1) is 14.8. The highest BCUT2D eigenvalue weighted by atomic mass is 32.2. The van der Waals surface area contributed by atoms with Crippen LogP contribution in [0, 0.1) is 5.82 Å². The molecule has 0 aliphatic heterocycles. The average molecular weight is 267 g/mol. The third-order valence-electron chi connectivity index (χ3n) is 2.58. The van der Waals surface area contributed by atoms with Gasteiger partial charge in [0.05, 0.1) is 0 Å². The first-order valence-electron chi connectivity index (χ1n) is 5.91. The highest BCUT2D eigenvalue weighted by molar-refractivity contribution is 8.14. The fraction of sp³-hybridized carbons (Fsp3) is 0.357. The Kier molecular flexibility index (Phi) is 5.92. The van der Waals surface area contributed by atoms with Gasteiger partial charge in [-0.3, -0.25) is 4.79 Å². The highest BCUT2D eigenvalue weighted by Gasteiger charge is 2.16. The van der Waals surface area contributed by atoms with Crippen molar-refractivity contribution in [1.82, 2.24) is 0 Å². The number of thioether (sulfide) groups is 1. The van der Waals surface area contributed by atoms with Crippen molar-refractivity contribution in [1.29, 1.82) is 0 Å². The van der Waals surface area contributed by atoms with Crippen LogP contribution in [0.15, 0.2) is 36.9 Å². The van der Waals surface area contributed by atoms with E-state index in [1.807, 2.05) is 0 Å². The van der Waals surface area contributed by atoms with Gasteiger partial charge in [-0.25, -0.2) is 4.39 Å². The topological polar surface area (TPSA) is 20.3 Å². The fourth-order valence-electron chi connectivity index (χ4n) is 1.49. The molecule has 1 rings (SSSR count). The predicted molar refractivity (Wildman–Crippen MR) is 76.7 cm³/mol.